The Bertz CT molecular complexity index is 1700. The summed E-state index contributed by atoms with van der Waals surface area (Å²) in [5.41, 5.74) is 14.0. The van der Waals surface area contributed by atoms with Crippen LogP contribution in [0.15, 0.2) is 128 Å². The molecule has 0 amide bonds. The lowest BCUT2D eigenvalue weighted by Crippen LogP contribution is -2.43. The molecular weight excluding hydrogens is 561 g/mol. The summed E-state index contributed by atoms with van der Waals surface area (Å²) in [7, 11) is -2.06. The first-order valence-electron chi connectivity index (χ1n) is 16.5. The summed E-state index contributed by atoms with van der Waals surface area (Å²) in [5, 5.41) is 0. The second kappa shape index (κ2) is 12.7. The highest BCUT2D eigenvalue weighted by molar-refractivity contribution is 6.81. The number of fused-ring (bicyclic) bond motifs is 3. The van der Waals surface area contributed by atoms with E-state index in [2.05, 4.69) is 156 Å². The molecule has 0 atom stereocenters. The third-order valence-corrected chi connectivity index (χ3v) is 15.8. The zero-order chi connectivity index (χ0) is 31.6. The molecule has 6 rings (SSSR count). The standard InChI is InChI=1S/C43H46OSi/c1-7-27-44-41-35(21-16-22-40(41)43(4,5)6)30-45(8-2,9-3)42-38-28-33(31-17-12-10-13-18-31)23-25-36(38)37-26-24-34(29-39(37)42)32-19-14-11-15-20-32/h7,10-26,28-29,42H,1,8-9,27,30H2,2-6H3. The van der Waals surface area contributed by atoms with Crippen LogP contribution in [0.5, 0.6) is 5.75 Å². The number of hydrogen-bond donors (Lipinski definition) is 0. The number of para-hydroxylation sites is 1. The Hall–Kier alpha value is -4.14. The summed E-state index contributed by atoms with van der Waals surface area (Å²) >= 11 is 0. The molecule has 2 heteroatoms. The largest absolute Gasteiger partial charge is 0.489 e. The van der Waals surface area contributed by atoms with Crippen LogP contribution in [-0.4, -0.2) is 14.7 Å². The maximum absolute atomic E-state index is 6.54. The van der Waals surface area contributed by atoms with E-state index >= 15 is 0 Å². The number of hydrogen-bond acceptors (Lipinski definition) is 1. The van der Waals surface area contributed by atoms with Gasteiger partial charge in [-0.1, -0.05) is 175 Å². The zero-order valence-corrected chi connectivity index (χ0v) is 28.6. The Morgan fingerprint density at radius 3 is 1.67 bits per heavy atom. The van der Waals surface area contributed by atoms with E-state index in [1.54, 1.807) is 0 Å². The minimum atomic E-state index is -2.06. The molecule has 0 saturated carbocycles. The van der Waals surface area contributed by atoms with Gasteiger partial charge in [0.1, 0.15) is 12.4 Å². The van der Waals surface area contributed by atoms with Gasteiger partial charge in [0.15, 0.2) is 0 Å². The first-order valence-corrected chi connectivity index (χ1v) is 19.2. The van der Waals surface area contributed by atoms with Crippen LogP contribution in [0.3, 0.4) is 0 Å². The van der Waals surface area contributed by atoms with E-state index in [-0.39, 0.29) is 5.41 Å². The van der Waals surface area contributed by atoms with E-state index in [0.717, 1.165) is 11.8 Å². The van der Waals surface area contributed by atoms with Crippen molar-refractivity contribution < 1.29 is 4.74 Å². The second-order valence-corrected chi connectivity index (χ2v) is 18.7. The fraction of sp³-hybridized carbons (Fsp3) is 0.256. The smallest absolute Gasteiger partial charge is 0.126 e. The molecule has 1 aliphatic rings. The lowest BCUT2D eigenvalue weighted by molar-refractivity contribution is 0.348. The minimum absolute atomic E-state index is 0.0170. The van der Waals surface area contributed by atoms with Crippen molar-refractivity contribution in [2.75, 3.05) is 6.61 Å². The number of benzene rings is 5. The predicted molar refractivity (Wildman–Crippen MR) is 196 cm³/mol. The first-order chi connectivity index (χ1) is 21.8. The summed E-state index contributed by atoms with van der Waals surface area (Å²) in [6.07, 6.45) is 1.87. The zero-order valence-electron chi connectivity index (χ0n) is 27.6. The van der Waals surface area contributed by atoms with Gasteiger partial charge in [-0.05, 0) is 67.1 Å². The van der Waals surface area contributed by atoms with E-state index in [4.69, 9.17) is 4.74 Å². The number of rotatable bonds is 10. The van der Waals surface area contributed by atoms with Gasteiger partial charge in [-0.2, -0.15) is 0 Å². The molecule has 0 N–H and O–H groups in total. The van der Waals surface area contributed by atoms with E-state index in [1.807, 2.05) is 6.08 Å². The monoisotopic (exact) mass is 606 g/mol. The molecule has 1 aliphatic carbocycles. The Morgan fingerprint density at radius 1 is 0.667 bits per heavy atom. The van der Waals surface area contributed by atoms with Gasteiger partial charge in [0.2, 0.25) is 0 Å². The highest BCUT2D eigenvalue weighted by atomic mass is 28.3. The molecule has 0 aliphatic heterocycles. The van der Waals surface area contributed by atoms with E-state index in [9.17, 15) is 0 Å². The minimum Gasteiger partial charge on any atom is -0.489 e. The second-order valence-electron chi connectivity index (χ2n) is 13.7. The third kappa shape index (κ3) is 5.84. The molecule has 0 aromatic heterocycles. The van der Waals surface area contributed by atoms with Gasteiger partial charge < -0.3 is 4.74 Å². The van der Waals surface area contributed by atoms with E-state index in [0.29, 0.717) is 12.1 Å². The van der Waals surface area contributed by atoms with Crippen molar-refractivity contribution in [1.29, 1.82) is 0 Å². The Kier molecular flexibility index (Phi) is 8.71. The summed E-state index contributed by atoms with van der Waals surface area (Å²) < 4.78 is 6.54. The fourth-order valence-corrected chi connectivity index (χ4v) is 12.4. The highest BCUT2D eigenvalue weighted by Gasteiger charge is 2.46. The molecule has 0 heterocycles. The van der Waals surface area contributed by atoms with E-state index in [1.165, 1.54) is 67.7 Å². The first kappa shape index (κ1) is 30.9. The quantitative estimate of drug-likeness (QED) is 0.113. The van der Waals surface area contributed by atoms with Crippen LogP contribution >= 0.6 is 0 Å². The van der Waals surface area contributed by atoms with Crippen LogP contribution in [0.2, 0.25) is 12.1 Å². The summed E-state index contributed by atoms with van der Waals surface area (Å²) in [6, 6.07) is 46.5. The highest BCUT2D eigenvalue weighted by Crippen LogP contribution is 2.54. The Morgan fingerprint density at radius 2 is 1.20 bits per heavy atom. The van der Waals surface area contributed by atoms with Gasteiger partial charge in [0, 0.05) is 5.54 Å². The van der Waals surface area contributed by atoms with Gasteiger partial charge in [-0.15, -0.1) is 0 Å². The summed E-state index contributed by atoms with van der Waals surface area (Å²) in [5.74, 6) is 1.07. The van der Waals surface area contributed by atoms with Crippen molar-refractivity contribution in [1.82, 2.24) is 0 Å². The topological polar surface area (TPSA) is 9.23 Å². The maximum Gasteiger partial charge on any atom is 0.126 e. The van der Waals surface area contributed by atoms with Crippen LogP contribution in [0.25, 0.3) is 33.4 Å². The summed E-state index contributed by atoms with van der Waals surface area (Å²) in [6.45, 7) is 16.3. The van der Waals surface area contributed by atoms with Crippen molar-refractivity contribution in [3.05, 3.63) is 150 Å². The summed E-state index contributed by atoms with van der Waals surface area (Å²) in [4.78, 5) is 0. The molecule has 0 spiro atoms. The van der Waals surface area contributed by atoms with Crippen LogP contribution in [0.4, 0.5) is 0 Å². The molecule has 0 saturated heterocycles. The fourth-order valence-electron chi connectivity index (χ4n) is 7.56. The van der Waals surface area contributed by atoms with Crippen molar-refractivity contribution in [3.63, 3.8) is 0 Å². The lowest BCUT2D eigenvalue weighted by atomic mass is 9.85. The molecule has 0 unspecified atom stereocenters. The van der Waals surface area contributed by atoms with Gasteiger partial charge in [0.05, 0.1) is 8.07 Å². The van der Waals surface area contributed by atoms with Crippen molar-refractivity contribution in [2.45, 2.75) is 63.7 Å². The van der Waals surface area contributed by atoms with Gasteiger partial charge in [-0.3, -0.25) is 0 Å². The Labute approximate surface area is 271 Å². The van der Waals surface area contributed by atoms with Crippen LogP contribution < -0.4 is 4.74 Å². The molecule has 5 aromatic carbocycles. The van der Waals surface area contributed by atoms with Gasteiger partial charge in [0.25, 0.3) is 0 Å². The van der Waals surface area contributed by atoms with Crippen molar-refractivity contribution >= 4 is 8.07 Å². The molecule has 1 nitrogen and oxygen atoms in total. The van der Waals surface area contributed by atoms with E-state index < -0.39 is 8.07 Å². The average molecular weight is 607 g/mol. The molecule has 0 fully saturated rings. The van der Waals surface area contributed by atoms with Crippen LogP contribution in [0.1, 0.15) is 62.4 Å². The average Bonchev–Trinajstić information content (AvgIpc) is 3.40. The lowest BCUT2D eigenvalue weighted by Gasteiger charge is -2.38. The number of ether oxygens (including phenoxy) is 1. The maximum atomic E-state index is 6.54. The molecular formula is C43H46OSi. The van der Waals surface area contributed by atoms with Crippen LogP contribution in [0, 0.1) is 0 Å². The normalized spacial score (nSPS) is 12.9. The van der Waals surface area contributed by atoms with Gasteiger partial charge >= 0.3 is 0 Å². The molecule has 0 radical (unpaired) electrons. The molecule has 5 aromatic rings. The Balaban J connectivity index is 1.56. The molecule has 0 bridgehead atoms. The SMILES string of the molecule is C=CCOc1c(C[Si](CC)(CC)C2c3cc(-c4ccccc4)ccc3-c3ccc(-c4ccccc4)cc32)cccc1C(C)(C)C. The molecule has 228 valence electrons. The predicted octanol–water partition coefficient (Wildman–Crippen LogP) is 11.8. The van der Waals surface area contributed by atoms with Crippen molar-refractivity contribution in [3.8, 4) is 39.1 Å². The van der Waals surface area contributed by atoms with Crippen LogP contribution in [-0.2, 0) is 11.5 Å². The molecule has 45 heavy (non-hydrogen) atoms. The van der Waals surface area contributed by atoms with Gasteiger partial charge in [-0.25, -0.2) is 0 Å². The third-order valence-electron chi connectivity index (χ3n) is 10.0. The van der Waals surface area contributed by atoms with Crippen molar-refractivity contribution in [2.24, 2.45) is 0 Å².